The molecular formula is C19H15ClN6O2. The second kappa shape index (κ2) is 7.94. The van der Waals surface area contributed by atoms with E-state index in [2.05, 4.69) is 11.4 Å². The maximum absolute atomic E-state index is 12.7. The van der Waals surface area contributed by atoms with Gasteiger partial charge in [-0.3, -0.25) is 10.2 Å². The van der Waals surface area contributed by atoms with Crippen LogP contribution in [0, 0.1) is 11.3 Å². The minimum atomic E-state index is -0.781. The standard InChI is InChI=1S/C19H15ClN6O2/c20-15-5-6-16(17(9-15)26(23)19(28)25-22)24-18(27)14-4-3-12-7-11(10-21)1-2-13(12)8-14/h1-9H,22-23H2,(H,24,27)(H,25,28). The molecule has 0 aromatic heterocycles. The van der Waals surface area contributed by atoms with Gasteiger partial charge in [0.15, 0.2) is 0 Å². The molecule has 0 fully saturated rings. The number of carbonyl (C=O) groups is 2. The fourth-order valence-electron chi connectivity index (χ4n) is 2.64. The number of hydrogen-bond acceptors (Lipinski definition) is 5. The van der Waals surface area contributed by atoms with Crippen LogP contribution in [-0.2, 0) is 0 Å². The first-order valence-corrected chi connectivity index (χ1v) is 8.41. The van der Waals surface area contributed by atoms with Crippen LogP contribution in [0.4, 0.5) is 16.2 Å². The first kappa shape index (κ1) is 19.1. The number of hydrazine groups is 2. The van der Waals surface area contributed by atoms with Gasteiger partial charge < -0.3 is 5.32 Å². The highest BCUT2D eigenvalue weighted by Gasteiger charge is 2.17. The quantitative estimate of drug-likeness (QED) is 0.307. The summed E-state index contributed by atoms with van der Waals surface area (Å²) in [6, 6.07) is 16.1. The molecule has 0 saturated carbocycles. The van der Waals surface area contributed by atoms with Gasteiger partial charge in [-0.2, -0.15) is 5.26 Å². The Morgan fingerprint density at radius 1 is 1.04 bits per heavy atom. The Hall–Kier alpha value is -3.64. The predicted molar refractivity (Wildman–Crippen MR) is 107 cm³/mol. The second-order valence-electron chi connectivity index (χ2n) is 5.82. The van der Waals surface area contributed by atoms with Crippen LogP contribution in [0.3, 0.4) is 0 Å². The summed E-state index contributed by atoms with van der Waals surface area (Å²) in [5, 5.41) is 14.4. The maximum Gasteiger partial charge on any atom is 0.350 e. The normalized spacial score (nSPS) is 10.2. The molecule has 140 valence electrons. The lowest BCUT2D eigenvalue weighted by Gasteiger charge is -2.20. The molecule has 0 saturated heterocycles. The largest absolute Gasteiger partial charge is 0.350 e. The lowest BCUT2D eigenvalue weighted by Crippen LogP contribution is -2.48. The zero-order valence-corrected chi connectivity index (χ0v) is 15.2. The molecule has 0 unspecified atom stereocenters. The van der Waals surface area contributed by atoms with Gasteiger partial charge in [0.25, 0.3) is 5.91 Å². The summed E-state index contributed by atoms with van der Waals surface area (Å²) < 4.78 is 0. The van der Waals surface area contributed by atoms with Gasteiger partial charge in [-0.25, -0.2) is 21.5 Å². The lowest BCUT2D eigenvalue weighted by molar-refractivity contribution is 0.102. The molecule has 3 rings (SSSR count). The average molecular weight is 395 g/mol. The molecule has 6 N–H and O–H groups in total. The third kappa shape index (κ3) is 3.87. The summed E-state index contributed by atoms with van der Waals surface area (Å²) >= 11 is 5.97. The van der Waals surface area contributed by atoms with Crippen LogP contribution in [0.2, 0.25) is 5.02 Å². The average Bonchev–Trinajstić information content (AvgIpc) is 2.72. The minimum Gasteiger partial charge on any atom is -0.320 e. The van der Waals surface area contributed by atoms with E-state index >= 15 is 0 Å². The SMILES string of the molecule is N#Cc1ccc2cc(C(=O)Nc3ccc(Cl)cc3N(N)C(=O)NN)ccc2c1. The highest BCUT2D eigenvalue weighted by Crippen LogP contribution is 2.29. The molecule has 0 aliphatic rings. The van der Waals surface area contributed by atoms with Crippen LogP contribution in [-0.4, -0.2) is 11.9 Å². The number of halogens is 1. The minimum absolute atomic E-state index is 0.170. The smallest absolute Gasteiger partial charge is 0.320 e. The van der Waals surface area contributed by atoms with Gasteiger partial charge in [-0.05, 0) is 53.2 Å². The molecule has 0 radical (unpaired) electrons. The Morgan fingerprint density at radius 2 is 1.75 bits per heavy atom. The monoisotopic (exact) mass is 394 g/mol. The van der Waals surface area contributed by atoms with Gasteiger partial charge in [0.1, 0.15) is 0 Å². The van der Waals surface area contributed by atoms with E-state index in [0.29, 0.717) is 16.1 Å². The van der Waals surface area contributed by atoms with Crippen molar-refractivity contribution >= 4 is 45.7 Å². The van der Waals surface area contributed by atoms with Crippen molar-refractivity contribution in [3.8, 4) is 6.07 Å². The molecule has 3 aromatic rings. The molecule has 0 bridgehead atoms. The number of fused-ring (bicyclic) bond motifs is 1. The van der Waals surface area contributed by atoms with Crippen LogP contribution in [0.15, 0.2) is 54.6 Å². The van der Waals surface area contributed by atoms with Crippen molar-refractivity contribution in [3.63, 3.8) is 0 Å². The topological polar surface area (TPSA) is 137 Å². The van der Waals surface area contributed by atoms with Crippen LogP contribution in [0.1, 0.15) is 15.9 Å². The molecular weight excluding hydrogens is 380 g/mol. The number of rotatable bonds is 3. The number of nitrogens with one attached hydrogen (secondary N) is 2. The van der Waals surface area contributed by atoms with Crippen LogP contribution in [0.5, 0.6) is 0 Å². The number of nitriles is 1. The van der Waals surface area contributed by atoms with Gasteiger partial charge in [-0.1, -0.05) is 23.7 Å². The number of carbonyl (C=O) groups excluding carboxylic acids is 2. The number of anilines is 2. The van der Waals surface area contributed by atoms with E-state index in [9.17, 15) is 9.59 Å². The van der Waals surface area contributed by atoms with E-state index in [1.807, 2.05) is 5.43 Å². The third-order valence-corrected chi connectivity index (χ3v) is 4.28. The molecule has 28 heavy (non-hydrogen) atoms. The van der Waals surface area contributed by atoms with Crippen molar-refractivity contribution in [2.75, 3.05) is 10.3 Å². The van der Waals surface area contributed by atoms with E-state index in [1.54, 1.807) is 42.5 Å². The number of benzene rings is 3. The Bertz CT molecular complexity index is 1130. The highest BCUT2D eigenvalue weighted by molar-refractivity contribution is 6.31. The summed E-state index contributed by atoms with van der Waals surface area (Å²) in [4.78, 5) is 24.4. The van der Waals surface area contributed by atoms with Crippen LogP contribution >= 0.6 is 11.6 Å². The fraction of sp³-hybridized carbons (Fsp3) is 0. The third-order valence-electron chi connectivity index (χ3n) is 4.04. The van der Waals surface area contributed by atoms with Gasteiger partial charge >= 0.3 is 6.03 Å². The highest BCUT2D eigenvalue weighted by atomic mass is 35.5. The molecule has 3 amide bonds. The zero-order valence-electron chi connectivity index (χ0n) is 14.4. The fourth-order valence-corrected chi connectivity index (χ4v) is 2.81. The lowest BCUT2D eigenvalue weighted by atomic mass is 10.0. The Balaban J connectivity index is 1.92. The Labute approximate surface area is 165 Å². The molecule has 0 aliphatic heterocycles. The van der Waals surface area contributed by atoms with Crippen LogP contribution in [0.25, 0.3) is 10.8 Å². The molecule has 0 heterocycles. The molecule has 0 atom stereocenters. The summed E-state index contributed by atoms with van der Waals surface area (Å²) in [5.41, 5.74) is 3.29. The van der Waals surface area contributed by atoms with E-state index in [1.165, 1.54) is 12.1 Å². The van der Waals surface area contributed by atoms with Gasteiger partial charge in [0.05, 0.1) is 23.0 Å². The van der Waals surface area contributed by atoms with Crippen molar-refractivity contribution in [1.82, 2.24) is 5.43 Å². The van der Waals surface area contributed by atoms with E-state index < -0.39 is 11.9 Å². The van der Waals surface area contributed by atoms with Gasteiger partial charge in [-0.15, -0.1) is 0 Å². The van der Waals surface area contributed by atoms with Crippen LogP contribution < -0.4 is 27.4 Å². The number of nitrogens with two attached hydrogens (primary N) is 2. The van der Waals surface area contributed by atoms with Crippen molar-refractivity contribution in [3.05, 3.63) is 70.7 Å². The predicted octanol–water partition coefficient (Wildman–Crippen LogP) is 2.88. The molecule has 8 nitrogen and oxygen atoms in total. The number of urea groups is 1. The van der Waals surface area contributed by atoms with Crippen molar-refractivity contribution in [1.29, 1.82) is 5.26 Å². The van der Waals surface area contributed by atoms with Crippen molar-refractivity contribution < 1.29 is 9.59 Å². The summed E-state index contributed by atoms with van der Waals surface area (Å²) in [5.74, 6) is 10.4. The van der Waals surface area contributed by atoms with E-state index in [-0.39, 0.29) is 11.4 Å². The summed E-state index contributed by atoms with van der Waals surface area (Å²) in [6.07, 6.45) is 0. The number of nitrogens with zero attached hydrogens (tertiary/aromatic N) is 2. The van der Waals surface area contributed by atoms with Gasteiger partial charge in [0, 0.05) is 10.6 Å². The second-order valence-corrected chi connectivity index (χ2v) is 6.26. The first-order valence-electron chi connectivity index (χ1n) is 8.03. The maximum atomic E-state index is 12.7. The number of amides is 3. The summed E-state index contributed by atoms with van der Waals surface area (Å²) in [6.45, 7) is 0. The first-order chi connectivity index (χ1) is 13.4. The van der Waals surface area contributed by atoms with Gasteiger partial charge in [0.2, 0.25) is 0 Å². The molecule has 9 heteroatoms. The molecule has 0 aliphatic carbocycles. The molecule has 0 spiro atoms. The Morgan fingerprint density at radius 3 is 2.46 bits per heavy atom. The number of hydrogen-bond donors (Lipinski definition) is 4. The zero-order chi connectivity index (χ0) is 20.3. The summed E-state index contributed by atoms with van der Waals surface area (Å²) in [7, 11) is 0. The van der Waals surface area contributed by atoms with E-state index in [0.717, 1.165) is 15.8 Å². The van der Waals surface area contributed by atoms with Crippen molar-refractivity contribution in [2.45, 2.75) is 0 Å². The van der Waals surface area contributed by atoms with E-state index in [4.69, 9.17) is 28.5 Å². The molecule has 3 aromatic carbocycles. The Kier molecular flexibility index (Phi) is 5.42. The van der Waals surface area contributed by atoms with Crippen molar-refractivity contribution in [2.24, 2.45) is 11.7 Å².